The van der Waals surface area contributed by atoms with Gasteiger partial charge in [0.2, 0.25) is 0 Å². The molecule has 0 aliphatic heterocycles. The molecular formula is C31H27FN6O2. The number of nitrogens with two attached hydrogens (primary N) is 1. The highest BCUT2D eigenvalue weighted by Crippen LogP contribution is 2.35. The molecule has 2 N–H and O–H groups in total. The molecule has 40 heavy (non-hydrogen) atoms. The number of anilines is 1. The van der Waals surface area contributed by atoms with E-state index in [1.54, 1.807) is 21.4 Å². The van der Waals surface area contributed by atoms with Gasteiger partial charge in [-0.3, -0.25) is 9.36 Å². The lowest BCUT2D eigenvalue weighted by atomic mass is 10.1. The summed E-state index contributed by atoms with van der Waals surface area (Å²) in [5.41, 5.74) is 9.03. The molecule has 6 aromatic rings. The molecule has 200 valence electrons. The molecule has 0 aliphatic rings. The van der Waals surface area contributed by atoms with Crippen LogP contribution in [0.4, 0.5) is 10.2 Å². The van der Waals surface area contributed by atoms with Gasteiger partial charge in [0.15, 0.2) is 17.2 Å². The minimum absolute atomic E-state index is 0.139. The lowest BCUT2D eigenvalue weighted by molar-refractivity contribution is 0.231. The van der Waals surface area contributed by atoms with Crippen molar-refractivity contribution in [3.63, 3.8) is 0 Å². The lowest BCUT2D eigenvalue weighted by Crippen LogP contribution is -2.25. The molecule has 1 atom stereocenters. The van der Waals surface area contributed by atoms with Crippen LogP contribution in [0.2, 0.25) is 0 Å². The Morgan fingerprint density at radius 2 is 1.68 bits per heavy atom. The van der Waals surface area contributed by atoms with Crippen LogP contribution in [-0.2, 0) is 0 Å². The first kappa shape index (κ1) is 25.2. The minimum Gasteiger partial charge on any atom is -0.488 e. The van der Waals surface area contributed by atoms with Crippen molar-refractivity contribution in [1.82, 2.24) is 24.3 Å². The average Bonchev–Trinajstić information content (AvgIpc) is 3.35. The molecule has 0 saturated carbocycles. The number of rotatable bonds is 6. The van der Waals surface area contributed by atoms with E-state index in [1.165, 1.54) is 12.4 Å². The first-order chi connectivity index (χ1) is 19.3. The summed E-state index contributed by atoms with van der Waals surface area (Å²) in [5.74, 6) is -0.131. The van der Waals surface area contributed by atoms with Crippen LogP contribution in [0, 0.1) is 5.82 Å². The maximum absolute atomic E-state index is 15.0. The molecule has 0 amide bonds. The Labute approximate surface area is 229 Å². The summed E-state index contributed by atoms with van der Waals surface area (Å²) in [6.07, 6.45) is 1.20. The van der Waals surface area contributed by atoms with Crippen molar-refractivity contribution in [2.75, 3.05) is 5.73 Å². The second-order valence-electron chi connectivity index (χ2n) is 9.87. The summed E-state index contributed by atoms with van der Waals surface area (Å²) in [6.45, 7) is 5.62. The topological polar surface area (TPSA) is 101 Å². The normalized spacial score (nSPS) is 12.3. The molecule has 0 radical (unpaired) electrons. The molecule has 0 fully saturated rings. The lowest BCUT2D eigenvalue weighted by Gasteiger charge is -2.20. The van der Waals surface area contributed by atoms with Gasteiger partial charge in [0.05, 0.1) is 23.2 Å². The monoisotopic (exact) mass is 534 g/mol. The predicted molar refractivity (Wildman–Crippen MR) is 154 cm³/mol. The van der Waals surface area contributed by atoms with Gasteiger partial charge in [-0.15, -0.1) is 0 Å². The van der Waals surface area contributed by atoms with Crippen molar-refractivity contribution in [2.45, 2.75) is 32.9 Å². The summed E-state index contributed by atoms with van der Waals surface area (Å²) in [4.78, 5) is 22.5. The predicted octanol–water partition coefficient (Wildman–Crippen LogP) is 5.92. The second-order valence-corrected chi connectivity index (χ2v) is 9.87. The highest BCUT2D eigenvalue weighted by molar-refractivity contribution is 5.98. The molecule has 6 rings (SSSR count). The zero-order valence-corrected chi connectivity index (χ0v) is 22.2. The Hall–Kier alpha value is -5.05. The quantitative estimate of drug-likeness (QED) is 0.285. The van der Waals surface area contributed by atoms with Gasteiger partial charge in [-0.05, 0) is 68.6 Å². The van der Waals surface area contributed by atoms with Gasteiger partial charge in [0.1, 0.15) is 17.8 Å². The summed E-state index contributed by atoms with van der Waals surface area (Å²) in [5, 5.41) is 6.81. The van der Waals surface area contributed by atoms with Crippen LogP contribution in [0.15, 0.2) is 90.0 Å². The van der Waals surface area contributed by atoms with Crippen LogP contribution in [0.3, 0.4) is 0 Å². The van der Waals surface area contributed by atoms with E-state index in [0.717, 1.165) is 11.1 Å². The van der Waals surface area contributed by atoms with E-state index in [9.17, 15) is 4.79 Å². The third-order valence-electron chi connectivity index (χ3n) is 6.85. The number of pyridine rings is 1. The maximum atomic E-state index is 15.0. The Morgan fingerprint density at radius 1 is 0.925 bits per heavy atom. The van der Waals surface area contributed by atoms with E-state index in [2.05, 4.69) is 9.97 Å². The fourth-order valence-electron chi connectivity index (χ4n) is 5.02. The van der Waals surface area contributed by atoms with Crippen molar-refractivity contribution in [2.24, 2.45) is 0 Å². The van der Waals surface area contributed by atoms with Gasteiger partial charge in [0, 0.05) is 16.6 Å². The Kier molecular flexibility index (Phi) is 6.26. The number of halogens is 1. The SMILES string of the molecule is CC(C)Oc1ccc(-c2nn([C@H](C)c3cc4ccccc4c(=O)n3-c3ccccc3)c3ncnc(N)c23)cc1F. The molecule has 3 heterocycles. The van der Waals surface area contributed by atoms with Gasteiger partial charge < -0.3 is 10.5 Å². The van der Waals surface area contributed by atoms with Crippen molar-refractivity contribution in [1.29, 1.82) is 0 Å². The minimum atomic E-state index is -0.509. The zero-order valence-electron chi connectivity index (χ0n) is 22.2. The molecular weight excluding hydrogens is 507 g/mol. The molecule has 0 saturated heterocycles. The maximum Gasteiger partial charge on any atom is 0.263 e. The molecule has 0 bridgehead atoms. The van der Waals surface area contributed by atoms with E-state index < -0.39 is 11.9 Å². The molecule has 3 aromatic carbocycles. The van der Waals surface area contributed by atoms with Crippen LogP contribution in [0.1, 0.15) is 32.5 Å². The standard InChI is InChI=1S/C31H27FN6O2/c1-18(2)40-26-14-13-21(15-24(26)32)28-27-29(33)34-17-35-30(27)38(36-28)19(3)25-16-20-9-7-8-12-23(20)31(39)37(25)22-10-5-4-6-11-22/h4-19H,1-3H3,(H2,33,34,35)/t19-/m1/s1. The fraction of sp³-hybridized carbons (Fsp3) is 0.161. The van der Waals surface area contributed by atoms with E-state index in [-0.39, 0.29) is 23.2 Å². The summed E-state index contributed by atoms with van der Waals surface area (Å²) >= 11 is 0. The number of hydrogen-bond donors (Lipinski definition) is 1. The van der Waals surface area contributed by atoms with Crippen molar-refractivity contribution >= 4 is 27.6 Å². The average molecular weight is 535 g/mol. The highest BCUT2D eigenvalue weighted by Gasteiger charge is 2.25. The van der Waals surface area contributed by atoms with Gasteiger partial charge in [-0.25, -0.2) is 19.0 Å². The first-order valence-electron chi connectivity index (χ1n) is 13.0. The molecule has 0 aliphatic carbocycles. The third kappa shape index (κ3) is 4.25. The molecule has 0 unspecified atom stereocenters. The van der Waals surface area contributed by atoms with Crippen molar-refractivity contribution in [3.8, 4) is 22.7 Å². The third-order valence-corrected chi connectivity index (χ3v) is 6.85. The van der Waals surface area contributed by atoms with E-state index in [1.807, 2.05) is 81.4 Å². The molecule has 0 spiro atoms. The highest BCUT2D eigenvalue weighted by atomic mass is 19.1. The molecule has 8 nitrogen and oxygen atoms in total. The summed E-state index contributed by atoms with van der Waals surface area (Å²) in [7, 11) is 0. The number of aromatic nitrogens is 5. The number of para-hydroxylation sites is 1. The van der Waals surface area contributed by atoms with Crippen LogP contribution in [0.5, 0.6) is 5.75 Å². The number of hydrogen-bond acceptors (Lipinski definition) is 6. The summed E-state index contributed by atoms with van der Waals surface area (Å²) < 4.78 is 24.0. The van der Waals surface area contributed by atoms with E-state index >= 15 is 4.39 Å². The Morgan fingerprint density at radius 3 is 2.42 bits per heavy atom. The second kappa shape index (κ2) is 9.92. The number of benzene rings is 3. The van der Waals surface area contributed by atoms with Gasteiger partial charge in [-0.2, -0.15) is 5.10 Å². The van der Waals surface area contributed by atoms with Crippen molar-refractivity contribution in [3.05, 3.63) is 107 Å². The fourth-order valence-corrected chi connectivity index (χ4v) is 5.02. The van der Waals surface area contributed by atoms with E-state index in [0.29, 0.717) is 33.4 Å². The Bertz CT molecular complexity index is 1930. The zero-order chi connectivity index (χ0) is 28.0. The number of nitrogen functional groups attached to an aromatic ring is 1. The first-order valence-corrected chi connectivity index (χ1v) is 13.0. The number of nitrogens with zero attached hydrogens (tertiary/aromatic N) is 5. The number of ether oxygens (including phenoxy) is 1. The van der Waals surface area contributed by atoms with Crippen LogP contribution >= 0.6 is 0 Å². The summed E-state index contributed by atoms with van der Waals surface area (Å²) in [6, 6.07) is 23.2. The van der Waals surface area contributed by atoms with Crippen LogP contribution in [0.25, 0.3) is 38.8 Å². The van der Waals surface area contributed by atoms with Crippen LogP contribution in [-0.4, -0.2) is 30.4 Å². The molecule has 3 aromatic heterocycles. The molecule has 9 heteroatoms. The van der Waals surface area contributed by atoms with Gasteiger partial charge in [-0.1, -0.05) is 36.4 Å². The van der Waals surface area contributed by atoms with Gasteiger partial charge in [0.25, 0.3) is 5.56 Å². The van der Waals surface area contributed by atoms with Gasteiger partial charge >= 0.3 is 0 Å². The van der Waals surface area contributed by atoms with Crippen molar-refractivity contribution < 1.29 is 9.13 Å². The van der Waals surface area contributed by atoms with Crippen LogP contribution < -0.4 is 16.0 Å². The van der Waals surface area contributed by atoms with E-state index in [4.69, 9.17) is 15.6 Å². The number of fused-ring (bicyclic) bond motifs is 2. The smallest absolute Gasteiger partial charge is 0.263 e. The Balaban J connectivity index is 1.58. The largest absolute Gasteiger partial charge is 0.488 e.